The summed E-state index contributed by atoms with van der Waals surface area (Å²) in [5.74, 6) is -0.333. The summed E-state index contributed by atoms with van der Waals surface area (Å²) in [5.41, 5.74) is 1.45. The van der Waals surface area contributed by atoms with Crippen LogP contribution in [0.1, 0.15) is 5.56 Å². The van der Waals surface area contributed by atoms with E-state index < -0.39 is 4.92 Å². The van der Waals surface area contributed by atoms with Gasteiger partial charge in [-0.05, 0) is 23.8 Å². The van der Waals surface area contributed by atoms with E-state index in [1.54, 1.807) is 23.1 Å². The number of non-ortho nitro benzene ring substituents is 1. The van der Waals surface area contributed by atoms with Crippen LogP contribution in [-0.4, -0.2) is 41.9 Å². The Morgan fingerprint density at radius 2 is 1.77 bits per heavy atom. The molecule has 136 valence electrons. The van der Waals surface area contributed by atoms with Gasteiger partial charge in [-0.3, -0.25) is 14.9 Å². The van der Waals surface area contributed by atoms with Crippen LogP contribution in [0, 0.1) is 15.9 Å². The highest BCUT2D eigenvalue weighted by atomic mass is 35.5. The van der Waals surface area contributed by atoms with Crippen molar-refractivity contribution in [2.24, 2.45) is 0 Å². The quantitative estimate of drug-likeness (QED) is 0.605. The molecule has 0 spiro atoms. The molecular formula is C18H17ClFN3O3. The zero-order valence-electron chi connectivity index (χ0n) is 13.9. The normalized spacial score (nSPS) is 14.4. The van der Waals surface area contributed by atoms with Gasteiger partial charge in [0.2, 0.25) is 5.91 Å². The lowest BCUT2D eigenvalue weighted by atomic mass is 10.1. The Balaban J connectivity index is 1.59. The zero-order valence-corrected chi connectivity index (χ0v) is 14.7. The Labute approximate surface area is 154 Å². The maximum atomic E-state index is 12.9. The molecule has 1 aliphatic heterocycles. The van der Waals surface area contributed by atoms with Gasteiger partial charge in [0.1, 0.15) is 5.82 Å². The maximum absolute atomic E-state index is 12.9. The minimum atomic E-state index is -0.484. The van der Waals surface area contributed by atoms with Gasteiger partial charge in [-0.15, -0.1) is 0 Å². The summed E-state index contributed by atoms with van der Waals surface area (Å²) >= 11 is 6.17. The fourth-order valence-electron chi connectivity index (χ4n) is 2.95. The number of nitro groups is 1. The van der Waals surface area contributed by atoms with Crippen molar-refractivity contribution in [3.63, 3.8) is 0 Å². The topological polar surface area (TPSA) is 66.7 Å². The number of hydrogen-bond acceptors (Lipinski definition) is 4. The molecule has 6 nitrogen and oxygen atoms in total. The number of amides is 1. The second-order valence-electron chi connectivity index (χ2n) is 6.06. The van der Waals surface area contributed by atoms with Crippen LogP contribution < -0.4 is 4.90 Å². The Hall–Kier alpha value is -2.67. The first-order valence-corrected chi connectivity index (χ1v) is 8.53. The van der Waals surface area contributed by atoms with Crippen LogP contribution in [0.2, 0.25) is 5.02 Å². The first-order chi connectivity index (χ1) is 12.4. The van der Waals surface area contributed by atoms with E-state index in [-0.39, 0.29) is 23.8 Å². The van der Waals surface area contributed by atoms with Crippen molar-refractivity contribution in [1.29, 1.82) is 0 Å². The number of carbonyl (C=O) groups excluding carboxylic acids is 1. The number of hydrogen-bond donors (Lipinski definition) is 0. The molecule has 1 heterocycles. The molecule has 3 rings (SSSR count). The van der Waals surface area contributed by atoms with Crippen molar-refractivity contribution >= 4 is 28.9 Å². The van der Waals surface area contributed by atoms with Crippen LogP contribution in [0.5, 0.6) is 0 Å². The number of halogens is 2. The molecule has 8 heteroatoms. The third kappa shape index (κ3) is 4.11. The lowest BCUT2D eigenvalue weighted by molar-refractivity contribution is -0.384. The SMILES string of the molecule is O=C(Cc1ccc(F)cc1)N1CCN(c2ccc([N+](=O)[O-])cc2Cl)CC1. The van der Waals surface area contributed by atoms with Crippen LogP contribution in [0.25, 0.3) is 0 Å². The predicted molar refractivity (Wildman–Crippen MR) is 97.0 cm³/mol. The van der Waals surface area contributed by atoms with E-state index in [1.807, 2.05) is 4.90 Å². The average Bonchev–Trinajstić information content (AvgIpc) is 2.63. The molecule has 1 saturated heterocycles. The van der Waals surface area contributed by atoms with E-state index in [1.165, 1.54) is 24.3 Å². The highest BCUT2D eigenvalue weighted by Gasteiger charge is 2.23. The van der Waals surface area contributed by atoms with E-state index in [9.17, 15) is 19.3 Å². The first-order valence-electron chi connectivity index (χ1n) is 8.15. The monoisotopic (exact) mass is 377 g/mol. The van der Waals surface area contributed by atoms with Crippen LogP contribution in [-0.2, 0) is 11.2 Å². The van der Waals surface area contributed by atoms with Gasteiger partial charge in [-0.2, -0.15) is 0 Å². The largest absolute Gasteiger partial charge is 0.367 e. The van der Waals surface area contributed by atoms with Gasteiger partial charge in [0.05, 0.1) is 22.1 Å². The van der Waals surface area contributed by atoms with Crippen molar-refractivity contribution < 1.29 is 14.1 Å². The molecule has 1 amide bonds. The minimum absolute atomic E-state index is 0.00828. The molecule has 0 saturated carbocycles. The first kappa shape index (κ1) is 18.1. The molecule has 1 aliphatic rings. The van der Waals surface area contributed by atoms with Crippen molar-refractivity contribution in [2.45, 2.75) is 6.42 Å². The maximum Gasteiger partial charge on any atom is 0.271 e. The van der Waals surface area contributed by atoms with E-state index in [4.69, 9.17) is 11.6 Å². The van der Waals surface area contributed by atoms with Gasteiger partial charge in [0.15, 0.2) is 0 Å². The summed E-state index contributed by atoms with van der Waals surface area (Å²) in [6.07, 6.45) is 0.235. The van der Waals surface area contributed by atoms with E-state index in [0.717, 1.165) is 11.3 Å². The van der Waals surface area contributed by atoms with Gasteiger partial charge in [-0.25, -0.2) is 4.39 Å². The van der Waals surface area contributed by atoms with Gasteiger partial charge < -0.3 is 9.80 Å². The predicted octanol–water partition coefficient (Wildman–Crippen LogP) is 3.28. The molecule has 1 fully saturated rings. The average molecular weight is 378 g/mol. The summed E-state index contributed by atoms with van der Waals surface area (Å²) in [5, 5.41) is 11.1. The third-order valence-electron chi connectivity index (χ3n) is 4.38. The van der Waals surface area contributed by atoms with Gasteiger partial charge in [0, 0.05) is 38.3 Å². The summed E-state index contributed by atoms with van der Waals surface area (Å²) in [6.45, 7) is 2.25. The van der Waals surface area contributed by atoms with Crippen molar-refractivity contribution in [3.05, 3.63) is 69.0 Å². The number of anilines is 1. The van der Waals surface area contributed by atoms with Crippen molar-refractivity contribution in [2.75, 3.05) is 31.1 Å². The Bertz CT molecular complexity index is 821. The third-order valence-corrected chi connectivity index (χ3v) is 4.69. The molecule has 2 aromatic rings. The summed E-state index contributed by atoms with van der Waals surface area (Å²) < 4.78 is 12.9. The highest BCUT2D eigenvalue weighted by Crippen LogP contribution is 2.30. The number of benzene rings is 2. The number of carbonyl (C=O) groups is 1. The molecule has 0 atom stereocenters. The molecule has 0 radical (unpaired) electrons. The Kier molecular flexibility index (Phi) is 5.37. The van der Waals surface area contributed by atoms with Crippen molar-refractivity contribution in [3.8, 4) is 0 Å². The van der Waals surface area contributed by atoms with Crippen LogP contribution in [0.3, 0.4) is 0 Å². The van der Waals surface area contributed by atoms with E-state index in [2.05, 4.69) is 0 Å². The van der Waals surface area contributed by atoms with E-state index >= 15 is 0 Å². The standard InChI is InChI=1S/C18H17ClFN3O3/c19-16-12-15(23(25)26)5-6-17(16)21-7-9-22(10-8-21)18(24)11-13-1-3-14(20)4-2-13/h1-6,12H,7-11H2. The van der Waals surface area contributed by atoms with Crippen LogP contribution in [0.4, 0.5) is 15.8 Å². The van der Waals surface area contributed by atoms with Crippen LogP contribution >= 0.6 is 11.6 Å². The van der Waals surface area contributed by atoms with Gasteiger partial charge in [0.25, 0.3) is 5.69 Å². The lowest BCUT2D eigenvalue weighted by Crippen LogP contribution is -2.49. The zero-order chi connectivity index (χ0) is 18.7. The van der Waals surface area contributed by atoms with Crippen LogP contribution in [0.15, 0.2) is 42.5 Å². The summed E-state index contributed by atoms with van der Waals surface area (Å²) in [4.78, 5) is 26.5. The minimum Gasteiger partial charge on any atom is -0.367 e. The summed E-state index contributed by atoms with van der Waals surface area (Å²) in [6, 6.07) is 10.3. The van der Waals surface area contributed by atoms with E-state index in [0.29, 0.717) is 31.2 Å². The second-order valence-corrected chi connectivity index (χ2v) is 6.47. The molecule has 0 unspecified atom stereocenters. The summed E-state index contributed by atoms with van der Waals surface area (Å²) in [7, 11) is 0. The second kappa shape index (κ2) is 7.70. The number of piperazine rings is 1. The Morgan fingerprint density at radius 1 is 1.12 bits per heavy atom. The molecule has 0 aromatic heterocycles. The van der Waals surface area contributed by atoms with Crippen molar-refractivity contribution in [1.82, 2.24) is 4.90 Å². The smallest absolute Gasteiger partial charge is 0.271 e. The molecule has 26 heavy (non-hydrogen) atoms. The van der Waals surface area contributed by atoms with Gasteiger partial charge >= 0.3 is 0 Å². The number of nitro benzene ring substituents is 1. The molecule has 2 aromatic carbocycles. The molecule has 0 aliphatic carbocycles. The molecule has 0 bridgehead atoms. The fourth-order valence-corrected chi connectivity index (χ4v) is 3.25. The highest BCUT2D eigenvalue weighted by molar-refractivity contribution is 6.33. The Morgan fingerprint density at radius 3 is 2.35 bits per heavy atom. The van der Waals surface area contributed by atoms with Gasteiger partial charge in [-0.1, -0.05) is 23.7 Å². The lowest BCUT2D eigenvalue weighted by Gasteiger charge is -2.36. The number of rotatable bonds is 4. The fraction of sp³-hybridized carbons (Fsp3) is 0.278. The molecular weight excluding hydrogens is 361 g/mol. The molecule has 0 N–H and O–H groups in total. The number of nitrogens with zero attached hydrogens (tertiary/aromatic N) is 3.